The summed E-state index contributed by atoms with van der Waals surface area (Å²) in [5, 5.41) is 0. The molecule has 18 heavy (non-hydrogen) atoms. The third-order valence-corrected chi connectivity index (χ3v) is 2.24. The van der Waals surface area contributed by atoms with Crippen molar-refractivity contribution in [2.24, 2.45) is 0 Å². The van der Waals surface area contributed by atoms with Gasteiger partial charge in [0.15, 0.2) is 0 Å². The summed E-state index contributed by atoms with van der Waals surface area (Å²) in [4.78, 5) is 0. The molecule has 0 aliphatic heterocycles. The van der Waals surface area contributed by atoms with Crippen LogP contribution >= 0.6 is 0 Å². The summed E-state index contributed by atoms with van der Waals surface area (Å²) in [5.41, 5.74) is 2.99. The van der Waals surface area contributed by atoms with E-state index in [1.807, 2.05) is 27.7 Å². The van der Waals surface area contributed by atoms with Gasteiger partial charge < -0.3 is 0 Å². The minimum atomic E-state index is 0.642. The first-order valence-electron chi connectivity index (χ1n) is 7.21. The lowest BCUT2D eigenvalue weighted by atomic mass is 9.91. The van der Waals surface area contributed by atoms with Crippen LogP contribution in [0.1, 0.15) is 78.4 Å². The monoisotopic (exact) mass is 250 g/mol. The van der Waals surface area contributed by atoms with Crippen LogP contribution in [0.4, 0.5) is 0 Å². The fourth-order valence-corrected chi connectivity index (χ4v) is 1.56. The molecule has 0 aromatic heterocycles. The Bertz CT molecular complexity index is 231. The molecule has 1 rings (SSSR count). The Morgan fingerprint density at radius 3 is 1.06 bits per heavy atom. The van der Waals surface area contributed by atoms with E-state index >= 15 is 0 Å². The average Bonchev–Trinajstić information content (AvgIpc) is 2.45. The highest BCUT2D eigenvalue weighted by Crippen LogP contribution is 2.25. The van der Waals surface area contributed by atoms with E-state index in [-0.39, 0.29) is 0 Å². The van der Waals surface area contributed by atoms with Gasteiger partial charge >= 0.3 is 0 Å². The van der Waals surface area contributed by atoms with Crippen molar-refractivity contribution in [3.05, 3.63) is 48.6 Å². The molecule has 0 amide bonds. The molecule has 0 unspecified atom stereocenters. The molecule has 0 fully saturated rings. The molecule has 0 spiro atoms. The minimum absolute atomic E-state index is 0.642. The van der Waals surface area contributed by atoms with Gasteiger partial charge in [-0.2, -0.15) is 0 Å². The molecule has 0 atom stereocenters. The van der Waals surface area contributed by atoms with E-state index in [1.165, 1.54) is 11.1 Å². The minimum Gasteiger partial charge on any atom is -0.106 e. The quantitative estimate of drug-likeness (QED) is 0.507. The lowest BCUT2D eigenvalue weighted by Gasteiger charge is -2.14. The summed E-state index contributed by atoms with van der Waals surface area (Å²) in [6.07, 6.45) is 0. The molecule has 1 aromatic carbocycles. The highest BCUT2D eigenvalue weighted by atomic mass is 14.1. The van der Waals surface area contributed by atoms with Crippen molar-refractivity contribution in [3.8, 4) is 0 Å². The van der Waals surface area contributed by atoms with E-state index in [0.717, 1.165) is 0 Å². The standard InChI is InChI=1S/C12H18.2C2H6.C2H4/c1-9(2)11-7-5-6-8-12(11)10(3)4;3*1-2/h5-10H,1-4H3;2*1-2H3;1-2H2. The fraction of sp³-hybridized carbons (Fsp3) is 0.556. The molecular formula is C18H34. The van der Waals surface area contributed by atoms with Gasteiger partial charge in [-0.05, 0) is 23.0 Å². The van der Waals surface area contributed by atoms with Crippen LogP contribution in [0.5, 0.6) is 0 Å². The lowest BCUT2D eigenvalue weighted by molar-refractivity contribution is 0.790. The van der Waals surface area contributed by atoms with Crippen molar-refractivity contribution < 1.29 is 0 Å². The van der Waals surface area contributed by atoms with Crippen molar-refractivity contribution in [1.29, 1.82) is 0 Å². The van der Waals surface area contributed by atoms with Gasteiger partial charge in [0.05, 0.1) is 0 Å². The zero-order chi connectivity index (χ0) is 15.1. The van der Waals surface area contributed by atoms with E-state index in [0.29, 0.717) is 11.8 Å². The summed E-state index contributed by atoms with van der Waals surface area (Å²) in [7, 11) is 0. The molecule has 0 saturated carbocycles. The van der Waals surface area contributed by atoms with Crippen molar-refractivity contribution >= 4 is 0 Å². The summed E-state index contributed by atoms with van der Waals surface area (Å²) in [5.74, 6) is 1.28. The average molecular weight is 250 g/mol. The lowest BCUT2D eigenvalue weighted by Crippen LogP contribution is -1.97. The maximum atomic E-state index is 3.00. The first-order valence-corrected chi connectivity index (χ1v) is 7.21. The van der Waals surface area contributed by atoms with Gasteiger partial charge in [0.1, 0.15) is 0 Å². The summed E-state index contributed by atoms with van der Waals surface area (Å²) in [6, 6.07) is 8.72. The second-order valence-electron chi connectivity index (χ2n) is 3.94. The van der Waals surface area contributed by atoms with Crippen LogP contribution in [0, 0.1) is 0 Å². The van der Waals surface area contributed by atoms with Gasteiger partial charge in [0.2, 0.25) is 0 Å². The third-order valence-electron chi connectivity index (χ3n) is 2.24. The number of hydrogen-bond donors (Lipinski definition) is 0. The van der Waals surface area contributed by atoms with Crippen LogP contribution in [0.25, 0.3) is 0 Å². The maximum Gasteiger partial charge on any atom is -0.0216 e. The highest BCUT2D eigenvalue weighted by molar-refractivity contribution is 5.31. The highest BCUT2D eigenvalue weighted by Gasteiger charge is 2.07. The molecule has 0 bridgehead atoms. The Balaban J connectivity index is -0.000000328. The SMILES string of the molecule is C=C.CC.CC.CC(C)c1ccccc1C(C)C. The summed E-state index contributed by atoms with van der Waals surface area (Å²) in [6.45, 7) is 23.0. The van der Waals surface area contributed by atoms with Crippen LogP contribution in [0.2, 0.25) is 0 Å². The first kappa shape index (κ1) is 22.2. The smallest absolute Gasteiger partial charge is 0.0216 e. The van der Waals surface area contributed by atoms with Gasteiger partial charge in [-0.15, -0.1) is 13.2 Å². The van der Waals surface area contributed by atoms with E-state index in [9.17, 15) is 0 Å². The van der Waals surface area contributed by atoms with Crippen molar-refractivity contribution in [3.63, 3.8) is 0 Å². The number of rotatable bonds is 2. The van der Waals surface area contributed by atoms with Crippen LogP contribution in [-0.4, -0.2) is 0 Å². The van der Waals surface area contributed by atoms with E-state index in [4.69, 9.17) is 0 Å². The second kappa shape index (κ2) is 16.0. The van der Waals surface area contributed by atoms with E-state index in [1.54, 1.807) is 0 Å². The molecule has 0 aliphatic rings. The Morgan fingerprint density at radius 1 is 0.667 bits per heavy atom. The molecule has 0 saturated heterocycles. The van der Waals surface area contributed by atoms with Gasteiger partial charge in [0, 0.05) is 0 Å². The molecule has 0 radical (unpaired) electrons. The molecule has 0 nitrogen and oxygen atoms in total. The third kappa shape index (κ3) is 9.04. The zero-order valence-electron chi connectivity index (χ0n) is 13.9. The number of benzene rings is 1. The van der Waals surface area contributed by atoms with Crippen LogP contribution in [0.3, 0.4) is 0 Å². The number of hydrogen-bond acceptors (Lipinski definition) is 0. The fourth-order valence-electron chi connectivity index (χ4n) is 1.56. The second-order valence-corrected chi connectivity index (χ2v) is 3.94. The van der Waals surface area contributed by atoms with Gasteiger partial charge in [-0.1, -0.05) is 79.7 Å². The molecule has 0 heteroatoms. The van der Waals surface area contributed by atoms with Gasteiger partial charge in [0.25, 0.3) is 0 Å². The van der Waals surface area contributed by atoms with Gasteiger partial charge in [-0.3, -0.25) is 0 Å². The van der Waals surface area contributed by atoms with E-state index in [2.05, 4.69) is 65.1 Å². The Hall–Kier alpha value is -1.04. The Labute approximate surface area is 116 Å². The van der Waals surface area contributed by atoms with Crippen molar-refractivity contribution in [2.75, 3.05) is 0 Å². The Kier molecular flexibility index (Phi) is 19.7. The predicted octanol–water partition coefficient (Wildman–Crippen LogP) is 6.79. The van der Waals surface area contributed by atoms with Crippen LogP contribution in [-0.2, 0) is 0 Å². The summed E-state index contributed by atoms with van der Waals surface area (Å²) < 4.78 is 0. The Morgan fingerprint density at radius 2 is 0.889 bits per heavy atom. The van der Waals surface area contributed by atoms with Crippen LogP contribution < -0.4 is 0 Å². The molecular weight excluding hydrogens is 216 g/mol. The normalized spacial score (nSPS) is 8.33. The predicted molar refractivity (Wildman–Crippen MR) is 88.6 cm³/mol. The van der Waals surface area contributed by atoms with Crippen LogP contribution in [0.15, 0.2) is 37.4 Å². The maximum absolute atomic E-state index is 3.00. The van der Waals surface area contributed by atoms with Gasteiger partial charge in [-0.25, -0.2) is 0 Å². The largest absolute Gasteiger partial charge is 0.106 e. The zero-order valence-corrected chi connectivity index (χ0v) is 13.9. The molecule has 1 aromatic rings. The molecule has 106 valence electrons. The molecule has 0 aliphatic carbocycles. The topological polar surface area (TPSA) is 0 Å². The van der Waals surface area contributed by atoms with Crippen molar-refractivity contribution in [2.45, 2.75) is 67.2 Å². The van der Waals surface area contributed by atoms with E-state index < -0.39 is 0 Å². The van der Waals surface area contributed by atoms with Crippen molar-refractivity contribution in [1.82, 2.24) is 0 Å². The first-order chi connectivity index (χ1) is 8.63. The summed E-state index contributed by atoms with van der Waals surface area (Å²) >= 11 is 0. The molecule has 0 heterocycles. The molecule has 0 N–H and O–H groups in total.